The Balaban J connectivity index is 1.36. The molecule has 4 rings (SSSR count). The van der Waals surface area contributed by atoms with Gasteiger partial charge in [0.1, 0.15) is 0 Å². The molecule has 41 heavy (non-hydrogen) atoms. The van der Waals surface area contributed by atoms with E-state index in [1.54, 1.807) is 0 Å². The molecule has 2 fully saturated rings. The predicted molar refractivity (Wildman–Crippen MR) is 179 cm³/mol. The van der Waals surface area contributed by atoms with Crippen molar-refractivity contribution in [3.8, 4) is 0 Å². The zero-order chi connectivity index (χ0) is 29.2. The van der Waals surface area contributed by atoms with Crippen LogP contribution in [0.1, 0.15) is 62.5 Å². The number of piperidine rings is 1. The third-order valence-electron chi connectivity index (χ3n) is 8.95. The van der Waals surface area contributed by atoms with Gasteiger partial charge < -0.3 is 26.6 Å². The predicted octanol–water partition coefficient (Wildman–Crippen LogP) is 6.59. The molecule has 0 aromatic heterocycles. The van der Waals surface area contributed by atoms with Crippen molar-refractivity contribution in [3.05, 3.63) is 85.1 Å². The summed E-state index contributed by atoms with van der Waals surface area (Å²) in [5.41, 5.74) is 13.4. The fraction of sp³-hybridized carbons (Fsp3) is 0.486. The van der Waals surface area contributed by atoms with Crippen molar-refractivity contribution in [1.82, 2.24) is 10.2 Å². The molecule has 1 aliphatic carbocycles. The van der Waals surface area contributed by atoms with Crippen molar-refractivity contribution in [2.24, 2.45) is 5.73 Å². The van der Waals surface area contributed by atoms with Crippen LogP contribution >= 0.6 is 0 Å². The Morgan fingerprint density at radius 2 is 1.71 bits per heavy atom. The van der Waals surface area contributed by atoms with Gasteiger partial charge in [-0.1, -0.05) is 43.5 Å². The van der Waals surface area contributed by atoms with Crippen LogP contribution in [-0.2, 0) is 6.54 Å². The molecule has 6 heteroatoms. The number of anilines is 3. The Labute approximate surface area is 248 Å². The fourth-order valence-electron chi connectivity index (χ4n) is 6.36. The first kappa shape index (κ1) is 30.7. The van der Waals surface area contributed by atoms with Crippen molar-refractivity contribution in [2.75, 3.05) is 42.7 Å². The molecule has 2 aromatic rings. The van der Waals surface area contributed by atoms with E-state index < -0.39 is 0 Å². The lowest BCUT2D eigenvalue weighted by molar-refractivity contribution is 0.246. The fourth-order valence-corrected chi connectivity index (χ4v) is 6.36. The first-order valence-electron chi connectivity index (χ1n) is 15.5. The largest absolute Gasteiger partial charge is 0.391 e. The highest BCUT2D eigenvalue weighted by Crippen LogP contribution is 2.30. The monoisotopic (exact) mass is 556 g/mol. The number of hydrogen-bond acceptors (Lipinski definition) is 6. The maximum absolute atomic E-state index is 6.12. The molecular weight excluding hydrogens is 504 g/mol. The lowest BCUT2D eigenvalue weighted by atomic mass is 9.90. The Kier molecular flexibility index (Phi) is 11.3. The highest BCUT2D eigenvalue weighted by Gasteiger charge is 2.24. The minimum atomic E-state index is 0.233. The van der Waals surface area contributed by atoms with Crippen LogP contribution in [0.3, 0.4) is 0 Å². The van der Waals surface area contributed by atoms with Gasteiger partial charge in [0, 0.05) is 73.6 Å². The number of likely N-dealkylation sites (N-methyl/N-ethyl adjacent to an activating group) is 2. The minimum absolute atomic E-state index is 0.233. The molecule has 0 radical (unpaired) electrons. The van der Waals surface area contributed by atoms with Gasteiger partial charge in [0.05, 0.1) is 0 Å². The summed E-state index contributed by atoms with van der Waals surface area (Å²) < 4.78 is 0. The number of nitrogens with one attached hydrogen (secondary N) is 3. The van der Waals surface area contributed by atoms with Gasteiger partial charge in [-0.15, -0.1) is 6.58 Å². The van der Waals surface area contributed by atoms with Gasteiger partial charge in [0.2, 0.25) is 0 Å². The second-order valence-electron chi connectivity index (χ2n) is 11.9. The summed E-state index contributed by atoms with van der Waals surface area (Å²) in [4.78, 5) is 4.86. The molecular formula is C35H52N6. The Morgan fingerprint density at radius 3 is 2.37 bits per heavy atom. The molecule has 0 spiro atoms. The maximum Gasteiger partial charge on any atom is 0.0492 e. The summed E-state index contributed by atoms with van der Waals surface area (Å²) in [6.45, 7) is 15.2. The Hall–Kier alpha value is -3.22. The van der Waals surface area contributed by atoms with Crippen LogP contribution in [0.15, 0.2) is 74.0 Å². The average Bonchev–Trinajstić information content (AvgIpc) is 2.99. The smallest absolute Gasteiger partial charge is 0.0492 e. The zero-order valence-corrected chi connectivity index (χ0v) is 25.4. The average molecular weight is 557 g/mol. The summed E-state index contributed by atoms with van der Waals surface area (Å²) in [5, 5.41) is 11.0. The Morgan fingerprint density at radius 1 is 1.02 bits per heavy atom. The van der Waals surface area contributed by atoms with Crippen LogP contribution in [0.5, 0.6) is 0 Å². The molecule has 1 heterocycles. The van der Waals surface area contributed by atoms with Crippen LogP contribution in [0, 0.1) is 0 Å². The van der Waals surface area contributed by atoms with Gasteiger partial charge in [-0.05, 0) is 93.8 Å². The molecule has 2 aliphatic rings. The quantitative estimate of drug-likeness (QED) is 0.197. The van der Waals surface area contributed by atoms with E-state index in [0.29, 0.717) is 18.1 Å². The molecule has 1 atom stereocenters. The highest BCUT2D eigenvalue weighted by atomic mass is 15.2. The zero-order valence-electron chi connectivity index (χ0n) is 25.4. The summed E-state index contributed by atoms with van der Waals surface area (Å²) >= 11 is 0. The molecule has 222 valence electrons. The molecule has 2 aromatic carbocycles. The van der Waals surface area contributed by atoms with Crippen molar-refractivity contribution in [2.45, 2.75) is 82.1 Å². The van der Waals surface area contributed by atoms with Crippen LogP contribution in [0.4, 0.5) is 17.1 Å². The summed E-state index contributed by atoms with van der Waals surface area (Å²) in [6, 6.07) is 17.0. The molecule has 0 bridgehead atoms. The number of rotatable bonds is 14. The second-order valence-corrected chi connectivity index (χ2v) is 11.9. The molecule has 5 N–H and O–H groups in total. The van der Waals surface area contributed by atoms with Crippen molar-refractivity contribution in [3.63, 3.8) is 0 Å². The van der Waals surface area contributed by atoms with Crippen LogP contribution in [-0.4, -0.2) is 56.3 Å². The molecule has 6 nitrogen and oxygen atoms in total. The summed E-state index contributed by atoms with van der Waals surface area (Å²) in [6.07, 6.45) is 12.7. The lowest BCUT2D eigenvalue weighted by Crippen LogP contribution is -2.39. The van der Waals surface area contributed by atoms with Gasteiger partial charge in [-0.25, -0.2) is 0 Å². The van der Waals surface area contributed by atoms with E-state index in [-0.39, 0.29) is 6.04 Å². The SMILES string of the molecule is C=CCCC(C(=C)NC)N(C)Cc1c(C=C)cccc1NC1CCC(Nc2cccc(N3CCC(N)CC3)c2)CC1. The highest BCUT2D eigenvalue weighted by molar-refractivity contribution is 5.64. The van der Waals surface area contributed by atoms with Gasteiger partial charge in [-0.3, -0.25) is 4.90 Å². The van der Waals surface area contributed by atoms with Gasteiger partial charge >= 0.3 is 0 Å². The third kappa shape index (κ3) is 8.40. The second kappa shape index (κ2) is 15.1. The number of hydrogen-bond donors (Lipinski definition) is 4. The molecule has 1 aliphatic heterocycles. The van der Waals surface area contributed by atoms with E-state index in [2.05, 4.69) is 95.0 Å². The van der Waals surface area contributed by atoms with Crippen molar-refractivity contribution in [1.29, 1.82) is 0 Å². The number of nitrogens with two attached hydrogens (primary N) is 1. The minimum Gasteiger partial charge on any atom is -0.391 e. The van der Waals surface area contributed by atoms with Crippen LogP contribution in [0.25, 0.3) is 6.08 Å². The summed E-state index contributed by atoms with van der Waals surface area (Å²) in [5.74, 6) is 0. The van der Waals surface area contributed by atoms with Gasteiger partial charge in [0.25, 0.3) is 0 Å². The van der Waals surface area contributed by atoms with Crippen LogP contribution < -0.4 is 26.6 Å². The molecule has 1 unspecified atom stereocenters. The normalized spacial score (nSPS) is 20.3. The van der Waals surface area contributed by atoms with Gasteiger partial charge in [0.15, 0.2) is 0 Å². The number of allylic oxidation sites excluding steroid dienone is 1. The van der Waals surface area contributed by atoms with Crippen LogP contribution in [0.2, 0.25) is 0 Å². The molecule has 1 saturated carbocycles. The van der Waals surface area contributed by atoms with E-state index in [9.17, 15) is 0 Å². The number of nitrogens with zero attached hydrogens (tertiary/aromatic N) is 2. The first-order valence-corrected chi connectivity index (χ1v) is 15.5. The van der Waals surface area contributed by atoms with E-state index in [0.717, 1.165) is 76.7 Å². The van der Waals surface area contributed by atoms with E-state index in [4.69, 9.17) is 5.73 Å². The van der Waals surface area contributed by atoms with Gasteiger partial charge in [-0.2, -0.15) is 0 Å². The van der Waals surface area contributed by atoms with E-state index in [1.165, 1.54) is 28.2 Å². The van der Waals surface area contributed by atoms with E-state index >= 15 is 0 Å². The van der Waals surface area contributed by atoms with Crippen molar-refractivity contribution >= 4 is 23.1 Å². The number of benzene rings is 2. The third-order valence-corrected chi connectivity index (χ3v) is 8.95. The lowest BCUT2D eigenvalue weighted by Gasteiger charge is -2.34. The maximum atomic E-state index is 6.12. The summed E-state index contributed by atoms with van der Waals surface area (Å²) in [7, 11) is 4.14. The standard InChI is InChI=1S/C35H52N6/c1-6-8-15-35(26(3)37-4)40(5)25-33-27(7-2)11-9-14-34(33)39-30-18-16-29(17-19-30)38-31-12-10-13-32(24-31)41-22-20-28(36)21-23-41/h6-7,9-14,24,28-30,35,37-39H,1-3,8,15-23,25,36H2,4-5H3. The Bertz CT molecular complexity index is 1140. The molecule has 1 saturated heterocycles. The molecule has 0 amide bonds. The first-order chi connectivity index (χ1) is 19.9. The van der Waals surface area contributed by atoms with Crippen molar-refractivity contribution < 1.29 is 0 Å². The van der Waals surface area contributed by atoms with E-state index in [1.807, 2.05) is 19.2 Å². The topological polar surface area (TPSA) is 68.6 Å².